The predicted molar refractivity (Wildman–Crippen MR) is 71.9 cm³/mol. The number of rotatable bonds is 6. The zero-order valence-electron chi connectivity index (χ0n) is 11.4. The molecule has 0 unspecified atom stereocenters. The summed E-state index contributed by atoms with van der Waals surface area (Å²) in [4.78, 5) is 0. The average Bonchev–Trinajstić information content (AvgIpc) is 2.35. The van der Waals surface area contributed by atoms with Crippen LogP contribution in [0, 0.1) is 5.92 Å². The van der Waals surface area contributed by atoms with Crippen LogP contribution in [0.2, 0.25) is 0 Å². The highest BCUT2D eigenvalue weighted by Gasteiger charge is 2.14. The minimum atomic E-state index is -0.489. The van der Waals surface area contributed by atoms with E-state index >= 15 is 0 Å². The van der Waals surface area contributed by atoms with Crippen LogP contribution in [0.1, 0.15) is 46.0 Å². The lowest BCUT2D eigenvalue weighted by Crippen LogP contribution is -2.26. The maximum absolute atomic E-state index is 5.53. The molecule has 17 heavy (non-hydrogen) atoms. The van der Waals surface area contributed by atoms with Gasteiger partial charge in [-0.05, 0) is 32.6 Å². The largest absolute Gasteiger partial charge is 0.354 e. The fourth-order valence-electron chi connectivity index (χ4n) is 1.99. The van der Waals surface area contributed by atoms with Gasteiger partial charge in [0, 0.05) is 7.11 Å². The molecular weight excluding hydrogens is 212 g/mol. The Hall–Kier alpha value is -0.600. The normalized spacial score (nSPS) is 19.5. The summed E-state index contributed by atoms with van der Waals surface area (Å²) in [6.45, 7) is 4.42. The molecule has 98 valence electrons. The van der Waals surface area contributed by atoms with Crippen molar-refractivity contribution in [1.29, 1.82) is 0 Å². The maximum atomic E-state index is 5.53. The first kappa shape index (κ1) is 14.5. The molecule has 0 aromatic carbocycles. The van der Waals surface area contributed by atoms with Crippen LogP contribution < -0.4 is 0 Å². The van der Waals surface area contributed by atoms with Crippen LogP contribution in [0.15, 0.2) is 24.3 Å². The minimum Gasteiger partial charge on any atom is -0.354 e. The fourth-order valence-corrected chi connectivity index (χ4v) is 1.99. The van der Waals surface area contributed by atoms with Crippen molar-refractivity contribution in [3.63, 3.8) is 0 Å². The molecule has 1 rings (SSSR count). The van der Waals surface area contributed by atoms with Crippen molar-refractivity contribution in [1.82, 2.24) is 0 Å². The molecule has 1 saturated carbocycles. The summed E-state index contributed by atoms with van der Waals surface area (Å²) in [6, 6.07) is 0. The van der Waals surface area contributed by atoms with Gasteiger partial charge in [-0.2, -0.15) is 0 Å². The van der Waals surface area contributed by atoms with E-state index in [0.717, 1.165) is 5.92 Å². The minimum absolute atomic E-state index is 0.489. The Kier molecular flexibility index (Phi) is 6.53. The third-order valence-electron chi connectivity index (χ3n) is 3.30. The number of hydrogen-bond acceptors (Lipinski definition) is 2. The van der Waals surface area contributed by atoms with Gasteiger partial charge in [-0.25, -0.2) is 0 Å². The van der Waals surface area contributed by atoms with Gasteiger partial charge < -0.3 is 9.47 Å². The van der Waals surface area contributed by atoms with E-state index in [1.807, 2.05) is 19.9 Å². The Morgan fingerprint density at radius 1 is 1.12 bits per heavy atom. The first-order valence-electron chi connectivity index (χ1n) is 6.66. The summed E-state index contributed by atoms with van der Waals surface area (Å²) in [7, 11) is 1.66. The van der Waals surface area contributed by atoms with E-state index in [0.29, 0.717) is 6.61 Å². The topological polar surface area (TPSA) is 18.5 Å². The fraction of sp³-hybridized carbons (Fsp3) is 0.733. The van der Waals surface area contributed by atoms with Gasteiger partial charge in [0.1, 0.15) is 0 Å². The molecule has 1 aliphatic carbocycles. The molecule has 1 aliphatic rings. The lowest BCUT2D eigenvalue weighted by molar-refractivity contribution is -0.189. The van der Waals surface area contributed by atoms with Crippen molar-refractivity contribution in [3.8, 4) is 0 Å². The summed E-state index contributed by atoms with van der Waals surface area (Å²) in [5, 5.41) is 0. The molecule has 0 aliphatic heterocycles. The van der Waals surface area contributed by atoms with Crippen LogP contribution in [0.3, 0.4) is 0 Å². The molecule has 2 heteroatoms. The van der Waals surface area contributed by atoms with Crippen molar-refractivity contribution in [2.75, 3.05) is 13.7 Å². The Labute approximate surface area is 106 Å². The van der Waals surface area contributed by atoms with Crippen LogP contribution in [0.5, 0.6) is 0 Å². The molecular formula is C15H26O2. The highest BCUT2D eigenvalue weighted by atomic mass is 16.7. The van der Waals surface area contributed by atoms with E-state index in [4.69, 9.17) is 9.47 Å². The smallest absolute Gasteiger partial charge is 0.162 e. The molecule has 0 amide bonds. The quantitative estimate of drug-likeness (QED) is 0.513. The SMILES string of the molecule is COC(C)(C)OC/C=C/C=C/C1CCCCC1. The van der Waals surface area contributed by atoms with Crippen LogP contribution >= 0.6 is 0 Å². The number of methoxy groups -OCH3 is 1. The Morgan fingerprint density at radius 3 is 2.47 bits per heavy atom. The van der Waals surface area contributed by atoms with Gasteiger partial charge in [0.25, 0.3) is 0 Å². The molecule has 0 aromatic heterocycles. The third-order valence-corrected chi connectivity index (χ3v) is 3.30. The second kappa shape index (κ2) is 7.67. The van der Waals surface area contributed by atoms with Crippen LogP contribution in [0.4, 0.5) is 0 Å². The van der Waals surface area contributed by atoms with Gasteiger partial charge in [0.05, 0.1) is 6.61 Å². The Bertz CT molecular complexity index is 248. The van der Waals surface area contributed by atoms with Gasteiger partial charge in [0.2, 0.25) is 0 Å². The molecule has 0 spiro atoms. The summed E-state index contributed by atoms with van der Waals surface area (Å²) in [5.74, 6) is 0.307. The van der Waals surface area contributed by atoms with Gasteiger partial charge in [0.15, 0.2) is 5.79 Å². The maximum Gasteiger partial charge on any atom is 0.162 e. The van der Waals surface area contributed by atoms with E-state index in [-0.39, 0.29) is 0 Å². The van der Waals surface area contributed by atoms with E-state index in [2.05, 4.69) is 18.2 Å². The van der Waals surface area contributed by atoms with Gasteiger partial charge in [-0.15, -0.1) is 0 Å². The van der Waals surface area contributed by atoms with Crippen molar-refractivity contribution >= 4 is 0 Å². The average molecular weight is 238 g/mol. The second-order valence-corrected chi connectivity index (χ2v) is 5.13. The molecule has 0 saturated heterocycles. The standard InChI is InChI=1S/C15H26O2/c1-15(2,16-3)17-13-9-5-8-12-14-10-6-4-7-11-14/h5,8-9,12,14H,4,6-7,10-11,13H2,1-3H3/b9-5+,12-8+. The summed E-state index contributed by atoms with van der Waals surface area (Å²) < 4.78 is 10.7. The molecule has 0 heterocycles. The molecule has 0 atom stereocenters. The molecule has 2 nitrogen and oxygen atoms in total. The lowest BCUT2D eigenvalue weighted by Gasteiger charge is -2.22. The zero-order chi connectivity index (χ0) is 12.6. The van der Waals surface area contributed by atoms with E-state index in [1.54, 1.807) is 7.11 Å². The first-order chi connectivity index (χ1) is 8.14. The predicted octanol–water partition coefficient (Wildman–Crippen LogP) is 4.08. The van der Waals surface area contributed by atoms with Crippen molar-refractivity contribution in [2.24, 2.45) is 5.92 Å². The molecule has 0 aromatic rings. The molecule has 0 N–H and O–H groups in total. The van der Waals surface area contributed by atoms with E-state index in [1.165, 1.54) is 32.1 Å². The summed E-state index contributed by atoms with van der Waals surface area (Å²) in [6.07, 6.45) is 15.5. The number of allylic oxidation sites excluding steroid dienone is 3. The first-order valence-corrected chi connectivity index (χ1v) is 6.66. The van der Waals surface area contributed by atoms with Gasteiger partial charge in [-0.1, -0.05) is 43.6 Å². The molecule has 0 bridgehead atoms. The highest BCUT2D eigenvalue weighted by Crippen LogP contribution is 2.24. The number of ether oxygens (including phenoxy) is 2. The number of hydrogen-bond donors (Lipinski definition) is 0. The van der Waals surface area contributed by atoms with Crippen molar-refractivity contribution in [3.05, 3.63) is 24.3 Å². The van der Waals surface area contributed by atoms with Gasteiger partial charge >= 0.3 is 0 Å². The van der Waals surface area contributed by atoms with Crippen molar-refractivity contribution in [2.45, 2.75) is 51.7 Å². The summed E-state index contributed by atoms with van der Waals surface area (Å²) in [5.41, 5.74) is 0. The molecule has 0 radical (unpaired) electrons. The third kappa shape index (κ3) is 6.64. The van der Waals surface area contributed by atoms with Crippen LogP contribution in [-0.4, -0.2) is 19.5 Å². The van der Waals surface area contributed by atoms with Crippen LogP contribution in [-0.2, 0) is 9.47 Å². The molecule has 1 fully saturated rings. The van der Waals surface area contributed by atoms with Crippen molar-refractivity contribution < 1.29 is 9.47 Å². The van der Waals surface area contributed by atoms with Gasteiger partial charge in [-0.3, -0.25) is 0 Å². The Morgan fingerprint density at radius 2 is 1.82 bits per heavy atom. The van der Waals surface area contributed by atoms with E-state index < -0.39 is 5.79 Å². The Balaban J connectivity index is 2.14. The second-order valence-electron chi connectivity index (χ2n) is 5.13. The lowest BCUT2D eigenvalue weighted by atomic mass is 9.89. The summed E-state index contributed by atoms with van der Waals surface area (Å²) >= 11 is 0. The monoisotopic (exact) mass is 238 g/mol. The highest BCUT2D eigenvalue weighted by molar-refractivity contribution is 5.04. The zero-order valence-corrected chi connectivity index (χ0v) is 11.4. The van der Waals surface area contributed by atoms with Crippen LogP contribution in [0.25, 0.3) is 0 Å². The van der Waals surface area contributed by atoms with E-state index in [9.17, 15) is 0 Å².